The fraction of sp³-hybridized carbons (Fsp3) is 0.206. The Balaban J connectivity index is 1.11. The number of benzene rings is 4. The number of urea groups is 1. The summed E-state index contributed by atoms with van der Waals surface area (Å²) in [4.78, 5) is 16.1. The molecule has 2 amide bonds. The first-order valence-electron chi connectivity index (χ1n) is 13.5. The van der Waals surface area contributed by atoms with Crippen molar-refractivity contribution in [2.45, 2.75) is 33.3 Å². The summed E-state index contributed by atoms with van der Waals surface area (Å²) in [5, 5.41) is 7.21. The molecule has 4 aromatic carbocycles. The van der Waals surface area contributed by atoms with Crippen molar-refractivity contribution in [1.82, 2.24) is 15.6 Å². The summed E-state index contributed by atoms with van der Waals surface area (Å²) in [5.41, 5.74) is 9.42. The molecular formula is C34H35N3O2. The van der Waals surface area contributed by atoms with E-state index in [0.717, 1.165) is 40.9 Å². The quantitative estimate of drug-likeness (QED) is 0.185. The maximum Gasteiger partial charge on any atom is 0.314 e. The second-order valence-corrected chi connectivity index (χ2v) is 10.0. The van der Waals surface area contributed by atoms with Gasteiger partial charge in [0, 0.05) is 29.7 Å². The first-order valence-corrected chi connectivity index (χ1v) is 13.5. The van der Waals surface area contributed by atoms with Gasteiger partial charge in [0.25, 0.3) is 0 Å². The topological polar surface area (TPSA) is 66.2 Å². The number of H-pyrrole nitrogens is 1. The molecule has 0 aliphatic carbocycles. The van der Waals surface area contributed by atoms with Gasteiger partial charge < -0.3 is 20.4 Å². The largest absolute Gasteiger partial charge is 0.489 e. The molecule has 1 heterocycles. The Kier molecular flexibility index (Phi) is 8.27. The molecule has 0 atom stereocenters. The number of carbonyl (C=O) groups is 1. The van der Waals surface area contributed by atoms with Gasteiger partial charge in [-0.1, -0.05) is 77.9 Å². The molecule has 5 nitrogen and oxygen atoms in total. The van der Waals surface area contributed by atoms with E-state index >= 15 is 0 Å². The van der Waals surface area contributed by atoms with Crippen LogP contribution < -0.4 is 15.4 Å². The van der Waals surface area contributed by atoms with Gasteiger partial charge in [-0.05, 0) is 79.3 Å². The van der Waals surface area contributed by atoms with E-state index in [1.54, 1.807) is 0 Å². The molecule has 5 rings (SSSR count). The Morgan fingerprint density at radius 3 is 2.15 bits per heavy atom. The number of hydrogen-bond donors (Lipinski definition) is 3. The minimum Gasteiger partial charge on any atom is -0.489 e. The summed E-state index contributed by atoms with van der Waals surface area (Å²) in [6.07, 6.45) is 1.50. The van der Waals surface area contributed by atoms with Gasteiger partial charge in [-0.3, -0.25) is 0 Å². The Labute approximate surface area is 230 Å². The minimum absolute atomic E-state index is 0.148. The molecule has 39 heavy (non-hydrogen) atoms. The number of amides is 2. The number of rotatable bonds is 10. The maximum atomic E-state index is 12.5. The SMILES string of the molecule is Cc1cc(C)cc(-c2[nH]c3ccccc3c2CCNC(=O)NCCc2ccc(OCc3ccccc3)cc2)c1. The van der Waals surface area contributed by atoms with Crippen molar-refractivity contribution >= 4 is 16.9 Å². The first kappa shape index (κ1) is 26.1. The normalized spacial score (nSPS) is 10.9. The minimum atomic E-state index is -0.148. The van der Waals surface area contributed by atoms with E-state index in [1.807, 2.05) is 48.5 Å². The van der Waals surface area contributed by atoms with Crippen LogP contribution in [0.3, 0.4) is 0 Å². The van der Waals surface area contributed by atoms with Crippen molar-refractivity contribution in [1.29, 1.82) is 0 Å². The lowest BCUT2D eigenvalue weighted by Gasteiger charge is -2.10. The van der Waals surface area contributed by atoms with Crippen LogP contribution in [0.2, 0.25) is 0 Å². The summed E-state index contributed by atoms with van der Waals surface area (Å²) in [5.74, 6) is 0.839. The van der Waals surface area contributed by atoms with Crippen LogP contribution in [0.1, 0.15) is 27.8 Å². The monoisotopic (exact) mass is 517 g/mol. The molecule has 3 N–H and O–H groups in total. The number of ether oxygens (including phenoxy) is 1. The van der Waals surface area contributed by atoms with E-state index in [1.165, 1.54) is 27.6 Å². The molecular weight excluding hydrogens is 482 g/mol. The third-order valence-electron chi connectivity index (χ3n) is 6.86. The Morgan fingerprint density at radius 2 is 1.41 bits per heavy atom. The molecule has 0 saturated carbocycles. The van der Waals surface area contributed by atoms with E-state index in [0.29, 0.717) is 19.7 Å². The van der Waals surface area contributed by atoms with Crippen LogP contribution in [-0.4, -0.2) is 24.1 Å². The van der Waals surface area contributed by atoms with Crippen LogP contribution >= 0.6 is 0 Å². The summed E-state index contributed by atoms with van der Waals surface area (Å²) >= 11 is 0. The van der Waals surface area contributed by atoms with E-state index in [2.05, 4.69) is 78.0 Å². The zero-order chi connectivity index (χ0) is 27.0. The van der Waals surface area contributed by atoms with Crippen molar-refractivity contribution < 1.29 is 9.53 Å². The van der Waals surface area contributed by atoms with Gasteiger partial charge in [-0.2, -0.15) is 0 Å². The molecule has 5 aromatic rings. The van der Waals surface area contributed by atoms with Gasteiger partial charge in [0.2, 0.25) is 0 Å². The molecule has 0 bridgehead atoms. The van der Waals surface area contributed by atoms with Gasteiger partial charge in [-0.15, -0.1) is 0 Å². The molecule has 1 aromatic heterocycles. The average molecular weight is 518 g/mol. The number of fused-ring (bicyclic) bond motifs is 1. The lowest BCUT2D eigenvalue weighted by molar-refractivity contribution is 0.241. The summed E-state index contributed by atoms with van der Waals surface area (Å²) in [6.45, 7) is 5.92. The van der Waals surface area contributed by atoms with Crippen molar-refractivity contribution in [3.05, 3.63) is 125 Å². The highest BCUT2D eigenvalue weighted by atomic mass is 16.5. The number of aromatic nitrogens is 1. The molecule has 0 fully saturated rings. The van der Waals surface area contributed by atoms with Gasteiger partial charge in [0.1, 0.15) is 12.4 Å². The van der Waals surface area contributed by atoms with Crippen LogP contribution in [0.4, 0.5) is 4.79 Å². The van der Waals surface area contributed by atoms with Crippen molar-refractivity contribution in [2.24, 2.45) is 0 Å². The van der Waals surface area contributed by atoms with Crippen LogP contribution in [0, 0.1) is 13.8 Å². The maximum absolute atomic E-state index is 12.5. The van der Waals surface area contributed by atoms with Crippen LogP contribution in [-0.2, 0) is 19.4 Å². The summed E-state index contributed by atoms with van der Waals surface area (Å²) < 4.78 is 5.86. The molecule has 5 heteroatoms. The van der Waals surface area contributed by atoms with Gasteiger partial charge in [0.05, 0.1) is 0 Å². The standard InChI is InChI=1S/C34H35N3O2/c1-24-20-25(2)22-28(21-24)33-31(30-10-6-7-11-32(30)37-33)17-19-36-34(38)35-18-16-26-12-14-29(15-13-26)39-23-27-8-4-3-5-9-27/h3-15,20-22,37H,16-19,23H2,1-2H3,(H2,35,36,38). The zero-order valence-electron chi connectivity index (χ0n) is 22.6. The third kappa shape index (κ3) is 6.88. The van der Waals surface area contributed by atoms with Crippen molar-refractivity contribution in [3.8, 4) is 17.0 Å². The number of nitrogens with one attached hydrogen (secondary N) is 3. The Morgan fingerprint density at radius 1 is 0.744 bits per heavy atom. The second kappa shape index (κ2) is 12.4. The van der Waals surface area contributed by atoms with Gasteiger partial charge in [-0.25, -0.2) is 4.79 Å². The fourth-order valence-corrected chi connectivity index (χ4v) is 5.00. The number of hydrogen-bond acceptors (Lipinski definition) is 2. The molecule has 0 saturated heterocycles. The first-order chi connectivity index (χ1) is 19.0. The second-order valence-electron chi connectivity index (χ2n) is 10.0. The molecule has 0 spiro atoms. The van der Waals surface area contributed by atoms with E-state index in [9.17, 15) is 4.79 Å². The lowest BCUT2D eigenvalue weighted by Crippen LogP contribution is -2.37. The Bertz CT molecular complexity index is 1520. The molecule has 0 aliphatic heterocycles. The highest BCUT2D eigenvalue weighted by molar-refractivity contribution is 5.91. The van der Waals surface area contributed by atoms with Crippen molar-refractivity contribution in [3.63, 3.8) is 0 Å². The average Bonchev–Trinajstić information content (AvgIpc) is 3.31. The fourth-order valence-electron chi connectivity index (χ4n) is 5.00. The van der Waals surface area contributed by atoms with Gasteiger partial charge in [0.15, 0.2) is 0 Å². The Hall–Kier alpha value is -4.51. The van der Waals surface area contributed by atoms with E-state index in [-0.39, 0.29) is 6.03 Å². The smallest absolute Gasteiger partial charge is 0.314 e. The number of para-hydroxylation sites is 1. The highest BCUT2D eigenvalue weighted by Crippen LogP contribution is 2.31. The highest BCUT2D eigenvalue weighted by Gasteiger charge is 2.14. The predicted octanol–water partition coefficient (Wildman–Crippen LogP) is 7.12. The van der Waals surface area contributed by atoms with Gasteiger partial charge >= 0.3 is 6.03 Å². The number of aromatic amines is 1. The third-order valence-corrected chi connectivity index (χ3v) is 6.86. The predicted molar refractivity (Wildman–Crippen MR) is 159 cm³/mol. The number of carbonyl (C=O) groups excluding carboxylic acids is 1. The summed E-state index contributed by atoms with van der Waals surface area (Å²) in [7, 11) is 0. The zero-order valence-corrected chi connectivity index (χ0v) is 22.6. The molecule has 198 valence electrons. The summed E-state index contributed by atoms with van der Waals surface area (Å²) in [6, 6.07) is 33.0. The van der Waals surface area contributed by atoms with E-state index in [4.69, 9.17) is 4.74 Å². The molecule has 0 radical (unpaired) electrons. The molecule has 0 unspecified atom stereocenters. The molecule has 0 aliphatic rings. The van der Waals surface area contributed by atoms with Crippen LogP contribution in [0.15, 0.2) is 97.1 Å². The van der Waals surface area contributed by atoms with Crippen LogP contribution in [0.25, 0.3) is 22.2 Å². The van der Waals surface area contributed by atoms with Crippen LogP contribution in [0.5, 0.6) is 5.75 Å². The van der Waals surface area contributed by atoms with E-state index < -0.39 is 0 Å². The van der Waals surface area contributed by atoms with Crippen molar-refractivity contribution in [2.75, 3.05) is 13.1 Å². The lowest BCUT2D eigenvalue weighted by atomic mass is 9.99. The number of aryl methyl sites for hydroxylation is 2.